The number of hydrogen-bond donors (Lipinski definition) is 4. The topological polar surface area (TPSA) is 260 Å². The predicted octanol–water partition coefficient (Wildman–Crippen LogP) is 11.1. The summed E-state index contributed by atoms with van der Waals surface area (Å²) < 4.78 is 107. The molecular weight excluding hydrogens is 1320 g/mol. The summed E-state index contributed by atoms with van der Waals surface area (Å²) in [5.41, 5.74) is 5.90. The van der Waals surface area contributed by atoms with E-state index < -0.39 is 115 Å². The summed E-state index contributed by atoms with van der Waals surface area (Å²) in [4.78, 5) is 44.5. The van der Waals surface area contributed by atoms with Gasteiger partial charge in [0.2, 0.25) is 12.6 Å². The second-order valence-electron chi connectivity index (χ2n) is 22.2. The smallest absolute Gasteiger partial charge is 0.303 e. The lowest BCUT2D eigenvalue weighted by atomic mass is 9.93. The lowest BCUT2D eigenvalue weighted by molar-refractivity contribution is -0.265. The van der Waals surface area contributed by atoms with Crippen LogP contribution in [0.3, 0.4) is 0 Å². The maximum absolute atomic E-state index is 15.1. The molecule has 3 saturated heterocycles. The first-order valence-corrected chi connectivity index (χ1v) is 31.1. The quantitative estimate of drug-likeness (QED) is 0.0314. The van der Waals surface area contributed by atoms with Gasteiger partial charge in [-0.1, -0.05) is 136 Å². The highest BCUT2D eigenvalue weighted by Crippen LogP contribution is 2.36. The minimum atomic E-state index is -1.89. The van der Waals surface area contributed by atoms with E-state index >= 15 is 4.39 Å². The third-order valence-corrected chi connectivity index (χ3v) is 16.3. The molecule has 15 atom stereocenters. The van der Waals surface area contributed by atoms with Crippen LogP contribution in [0.15, 0.2) is 146 Å². The first-order chi connectivity index (χ1) is 44.9. The van der Waals surface area contributed by atoms with Crippen LogP contribution in [0, 0.1) is 11.8 Å². The SMILES string of the molecule is C.C.CC(=O)OCC1OC(Br)C(C)C(OC(C)=O)C1F.COc1ccc(Cc2ccccc2O)cc1.COc1ccc(Cc2ccccc2OC2OC(CO)C(F)C(O)C2O)cc1.COc1ccc(Cc2ccccc2OC2OC(COC(C)=O)C(F)C(OC(C)=O)C2C)cc1. The molecule has 20 nitrogen and oxygen atoms in total. The molecule has 24 heteroatoms. The number of alkyl halides is 4. The van der Waals surface area contributed by atoms with Crippen LogP contribution in [-0.2, 0) is 71.6 Å². The number of aliphatic hydroxyl groups excluding tert-OH is 3. The van der Waals surface area contributed by atoms with Crippen LogP contribution in [0.1, 0.15) is 89.8 Å². The number of ether oxygens (including phenoxy) is 12. The number of carbonyl (C=O) groups is 4. The van der Waals surface area contributed by atoms with Gasteiger partial charge in [-0.3, -0.25) is 19.2 Å². The van der Waals surface area contributed by atoms with E-state index in [0.29, 0.717) is 30.1 Å². The fourth-order valence-corrected chi connectivity index (χ4v) is 10.6. The highest BCUT2D eigenvalue weighted by molar-refractivity contribution is 9.09. The summed E-state index contributed by atoms with van der Waals surface area (Å²) in [6.07, 6.45) is -14.0. The van der Waals surface area contributed by atoms with Gasteiger partial charge in [-0.2, -0.15) is 0 Å². The van der Waals surface area contributed by atoms with E-state index in [1.165, 1.54) is 27.7 Å². The molecular formula is C72H90BrF3O20. The number of esters is 4. The lowest BCUT2D eigenvalue weighted by Gasteiger charge is -2.41. The van der Waals surface area contributed by atoms with Crippen LogP contribution in [0.4, 0.5) is 13.2 Å². The Labute approximate surface area is 567 Å². The van der Waals surface area contributed by atoms with Gasteiger partial charge in [0, 0.05) is 52.9 Å². The van der Waals surface area contributed by atoms with E-state index in [9.17, 15) is 48.4 Å². The Balaban J connectivity index is 0.000000281. The number of halogens is 4. The molecule has 0 amide bonds. The number of phenolic OH excluding ortho intramolecular Hbond substituents is 1. The van der Waals surface area contributed by atoms with Gasteiger partial charge >= 0.3 is 23.9 Å². The summed E-state index contributed by atoms with van der Waals surface area (Å²) in [6.45, 7) is 7.16. The molecule has 526 valence electrons. The van der Waals surface area contributed by atoms with Crippen molar-refractivity contribution in [1.82, 2.24) is 0 Å². The van der Waals surface area contributed by atoms with Crippen LogP contribution < -0.4 is 23.7 Å². The minimum Gasteiger partial charge on any atom is -0.508 e. The summed E-state index contributed by atoms with van der Waals surface area (Å²) in [5.74, 6) is 0.548. The van der Waals surface area contributed by atoms with E-state index in [1.807, 2.05) is 121 Å². The van der Waals surface area contributed by atoms with Crippen LogP contribution in [-0.4, -0.2) is 164 Å². The molecule has 0 aliphatic carbocycles. The Morgan fingerprint density at radius 1 is 0.469 bits per heavy atom. The van der Waals surface area contributed by atoms with E-state index in [-0.39, 0.29) is 34.0 Å². The van der Waals surface area contributed by atoms with Crippen molar-refractivity contribution >= 4 is 39.8 Å². The molecule has 15 unspecified atom stereocenters. The van der Waals surface area contributed by atoms with E-state index in [0.717, 1.165) is 57.1 Å². The molecule has 6 aromatic rings. The van der Waals surface area contributed by atoms with Crippen LogP contribution in [0.5, 0.6) is 34.5 Å². The summed E-state index contributed by atoms with van der Waals surface area (Å²) in [5, 5.41) is 38.3. The number of methoxy groups -OCH3 is 3. The summed E-state index contributed by atoms with van der Waals surface area (Å²) in [7, 11) is 4.87. The molecule has 0 spiro atoms. The van der Waals surface area contributed by atoms with Crippen LogP contribution in [0.2, 0.25) is 0 Å². The molecule has 0 radical (unpaired) electrons. The molecule has 6 aromatic carbocycles. The van der Waals surface area contributed by atoms with E-state index in [2.05, 4.69) is 15.9 Å². The molecule has 0 aromatic heterocycles. The second-order valence-corrected chi connectivity index (χ2v) is 23.1. The van der Waals surface area contributed by atoms with Gasteiger partial charge < -0.3 is 77.3 Å². The highest BCUT2D eigenvalue weighted by atomic mass is 79.9. The molecule has 96 heavy (non-hydrogen) atoms. The average molecular weight is 1410 g/mol. The number of aliphatic hydroxyl groups is 3. The number of aromatic hydroxyl groups is 1. The van der Waals surface area contributed by atoms with Crippen LogP contribution in [0.25, 0.3) is 0 Å². The zero-order valence-corrected chi connectivity index (χ0v) is 55.2. The number of para-hydroxylation sites is 3. The Morgan fingerprint density at radius 2 is 0.833 bits per heavy atom. The predicted molar refractivity (Wildman–Crippen MR) is 355 cm³/mol. The lowest BCUT2D eigenvalue weighted by Crippen LogP contribution is -2.58. The summed E-state index contributed by atoms with van der Waals surface area (Å²) in [6, 6.07) is 45.2. The highest BCUT2D eigenvalue weighted by Gasteiger charge is 2.49. The maximum Gasteiger partial charge on any atom is 0.303 e. The number of carbonyl (C=O) groups excluding carboxylic acids is 4. The number of phenols is 1. The first kappa shape index (κ1) is 80.5. The maximum atomic E-state index is 15.1. The molecule has 3 aliphatic heterocycles. The summed E-state index contributed by atoms with van der Waals surface area (Å²) >= 11 is 3.24. The van der Waals surface area contributed by atoms with E-state index in [4.69, 9.17) is 56.8 Å². The van der Waals surface area contributed by atoms with Gasteiger partial charge in [-0.25, -0.2) is 13.2 Å². The monoisotopic (exact) mass is 1410 g/mol. The molecule has 9 rings (SSSR count). The third-order valence-electron chi connectivity index (χ3n) is 15.2. The van der Waals surface area contributed by atoms with Gasteiger partial charge in [0.1, 0.15) is 95.5 Å². The largest absolute Gasteiger partial charge is 0.508 e. The Hall–Kier alpha value is -7.97. The zero-order valence-electron chi connectivity index (χ0n) is 53.6. The van der Waals surface area contributed by atoms with Crippen molar-refractivity contribution in [3.63, 3.8) is 0 Å². The Kier molecular flexibility index (Phi) is 33.5. The van der Waals surface area contributed by atoms with Crippen molar-refractivity contribution in [2.45, 2.75) is 154 Å². The normalized spacial score (nSPS) is 24.7. The molecule has 3 heterocycles. The van der Waals surface area contributed by atoms with Gasteiger partial charge in [0.05, 0.1) is 33.9 Å². The van der Waals surface area contributed by atoms with Gasteiger partial charge in [-0.15, -0.1) is 0 Å². The number of hydrogen-bond acceptors (Lipinski definition) is 20. The third kappa shape index (κ3) is 24.0. The molecule has 0 bridgehead atoms. The fraction of sp³-hybridized carbons (Fsp3) is 0.444. The van der Waals surface area contributed by atoms with Gasteiger partial charge in [0.25, 0.3) is 0 Å². The standard InChI is InChI=1S/C25H29FO7.C20H23FO6.C14H14O2.C11H16BrFO5.2CH4/c1-15-24(31-17(3)28)23(26)22(14-30-16(2)27)33-25(15)32-21-8-6-5-7-19(21)13-18-9-11-20(29-4)12-10-18;1-25-14-8-6-12(7-9-14)10-13-4-2-3-5-15(13)26-20-19(24)18(23)17(21)16(11-22)27-20;1-16-13-8-6-11(7-9-13)10-12-4-2-3-5-14(12)15;1-5-10(17-7(3)15)9(13)8(18-11(5)12)4-16-6(2)14;;/h5-12,15,22-25H,13-14H2,1-4H3;2-9,16-20,22-24H,10-11H2,1H3;2-9,15H,10H2,1H3;5,8-11H,4H2,1-3H3;2*1H4. The Morgan fingerprint density at radius 3 is 1.23 bits per heavy atom. The van der Waals surface area contributed by atoms with Crippen molar-refractivity contribution in [1.29, 1.82) is 0 Å². The van der Waals surface area contributed by atoms with Crippen molar-refractivity contribution in [3.05, 3.63) is 179 Å². The van der Waals surface area contributed by atoms with Crippen molar-refractivity contribution < 1.29 is 110 Å². The van der Waals surface area contributed by atoms with Crippen molar-refractivity contribution in [2.24, 2.45) is 11.8 Å². The number of rotatable bonds is 20. The van der Waals surface area contributed by atoms with Crippen molar-refractivity contribution in [3.8, 4) is 34.5 Å². The minimum absolute atomic E-state index is 0. The second kappa shape index (κ2) is 39.9. The van der Waals surface area contributed by atoms with Crippen molar-refractivity contribution in [2.75, 3.05) is 41.2 Å². The van der Waals surface area contributed by atoms with Crippen LogP contribution >= 0.6 is 15.9 Å². The zero-order chi connectivity index (χ0) is 68.6. The fourth-order valence-electron chi connectivity index (χ4n) is 10.0. The van der Waals surface area contributed by atoms with Gasteiger partial charge in [-0.05, 0) is 88.0 Å². The van der Waals surface area contributed by atoms with Gasteiger partial charge in [0.15, 0.2) is 18.5 Å². The average Bonchev–Trinajstić information content (AvgIpc) is 0.814. The van der Waals surface area contributed by atoms with E-state index in [1.54, 1.807) is 59.4 Å². The Bertz CT molecular complexity index is 3310. The molecule has 4 N–H and O–H groups in total. The molecule has 0 saturated carbocycles. The molecule has 3 fully saturated rings. The first-order valence-electron chi connectivity index (χ1n) is 30.2. The molecule has 3 aliphatic rings. The number of benzene rings is 6.